The van der Waals surface area contributed by atoms with Gasteiger partial charge in [-0.1, -0.05) is 13.8 Å². The molecule has 1 heterocycles. The summed E-state index contributed by atoms with van der Waals surface area (Å²) in [4.78, 5) is 7.07. The first-order valence-corrected chi connectivity index (χ1v) is 7.25. The first kappa shape index (κ1) is 14.8. The molecule has 1 unspecified atom stereocenters. The predicted molar refractivity (Wildman–Crippen MR) is 81.8 cm³/mol. The van der Waals surface area contributed by atoms with Crippen molar-refractivity contribution in [3.63, 3.8) is 0 Å². The van der Waals surface area contributed by atoms with E-state index in [4.69, 9.17) is 10.7 Å². The van der Waals surface area contributed by atoms with Crippen molar-refractivity contribution in [2.75, 3.05) is 19.6 Å². The van der Waals surface area contributed by atoms with Crippen LogP contribution in [0.15, 0.2) is 18.2 Å². The van der Waals surface area contributed by atoms with Gasteiger partial charge >= 0.3 is 0 Å². The van der Waals surface area contributed by atoms with Crippen molar-refractivity contribution in [1.82, 2.24) is 14.5 Å². The maximum atomic E-state index is 9.62. The molecule has 2 rings (SSSR count). The van der Waals surface area contributed by atoms with Gasteiger partial charge in [0, 0.05) is 19.2 Å². The smallest absolute Gasteiger partial charge is 0.127 e. The molecule has 110 valence electrons. The van der Waals surface area contributed by atoms with E-state index in [-0.39, 0.29) is 11.8 Å². The average molecular weight is 276 g/mol. The number of hydrogen-bond acceptors (Lipinski definition) is 4. The Labute approximate surface area is 120 Å². The number of rotatable bonds is 6. The zero-order chi connectivity index (χ0) is 14.7. The molecule has 0 saturated heterocycles. The highest BCUT2D eigenvalue weighted by atomic mass is 16.3. The molecule has 2 aromatic rings. The standard InChI is InChI=1S/C15H24N4O/c1-4-18(5-2)11(3)15-17-13-10-12(20)6-7-14(13)19(15)9-8-16/h6-7,10-11,20H,4-5,8-9,16H2,1-3H3. The van der Waals surface area contributed by atoms with Crippen molar-refractivity contribution < 1.29 is 5.11 Å². The third-order valence-electron chi connectivity index (χ3n) is 3.85. The van der Waals surface area contributed by atoms with Crippen LogP contribution in [0, 0.1) is 0 Å². The first-order valence-electron chi connectivity index (χ1n) is 7.25. The van der Waals surface area contributed by atoms with E-state index in [9.17, 15) is 5.11 Å². The van der Waals surface area contributed by atoms with Gasteiger partial charge in [0.05, 0.1) is 17.1 Å². The van der Waals surface area contributed by atoms with Crippen molar-refractivity contribution in [3.05, 3.63) is 24.0 Å². The lowest BCUT2D eigenvalue weighted by Crippen LogP contribution is -2.29. The summed E-state index contributed by atoms with van der Waals surface area (Å²) in [6.45, 7) is 9.75. The molecule has 0 aliphatic carbocycles. The van der Waals surface area contributed by atoms with Crippen LogP contribution in [-0.4, -0.2) is 39.2 Å². The third-order valence-corrected chi connectivity index (χ3v) is 3.85. The molecular formula is C15H24N4O. The third kappa shape index (κ3) is 2.64. The molecule has 20 heavy (non-hydrogen) atoms. The fourth-order valence-electron chi connectivity index (χ4n) is 2.75. The van der Waals surface area contributed by atoms with Crippen LogP contribution in [0.4, 0.5) is 0 Å². The van der Waals surface area contributed by atoms with Gasteiger partial charge in [-0.15, -0.1) is 0 Å². The summed E-state index contributed by atoms with van der Waals surface area (Å²) in [7, 11) is 0. The maximum Gasteiger partial charge on any atom is 0.127 e. The molecule has 0 radical (unpaired) electrons. The van der Waals surface area contributed by atoms with E-state index in [0.29, 0.717) is 6.54 Å². The van der Waals surface area contributed by atoms with Crippen molar-refractivity contribution in [1.29, 1.82) is 0 Å². The van der Waals surface area contributed by atoms with Crippen LogP contribution < -0.4 is 5.73 Å². The zero-order valence-electron chi connectivity index (χ0n) is 12.5. The largest absolute Gasteiger partial charge is 0.508 e. The van der Waals surface area contributed by atoms with Gasteiger partial charge in [-0.25, -0.2) is 4.98 Å². The van der Waals surface area contributed by atoms with Gasteiger partial charge in [-0.3, -0.25) is 4.90 Å². The minimum atomic E-state index is 0.228. The fraction of sp³-hybridized carbons (Fsp3) is 0.533. The van der Waals surface area contributed by atoms with Crippen molar-refractivity contribution in [3.8, 4) is 5.75 Å². The number of fused-ring (bicyclic) bond motifs is 1. The van der Waals surface area contributed by atoms with Crippen LogP contribution in [0.1, 0.15) is 32.6 Å². The average Bonchev–Trinajstić information content (AvgIpc) is 2.78. The Morgan fingerprint density at radius 1 is 1.35 bits per heavy atom. The van der Waals surface area contributed by atoms with Crippen molar-refractivity contribution >= 4 is 11.0 Å². The van der Waals surface area contributed by atoms with E-state index in [0.717, 1.165) is 36.5 Å². The quantitative estimate of drug-likeness (QED) is 0.848. The molecule has 0 spiro atoms. The Balaban J connectivity index is 2.53. The van der Waals surface area contributed by atoms with Crippen molar-refractivity contribution in [2.45, 2.75) is 33.4 Å². The number of imidazole rings is 1. The molecule has 0 saturated carbocycles. The lowest BCUT2D eigenvalue weighted by molar-refractivity contribution is 0.222. The summed E-state index contributed by atoms with van der Waals surface area (Å²) in [6, 6.07) is 5.54. The lowest BCUT2D eigenvalue weighted by Gasteiger charge is -2.26. The molecule has 1 aromatic carbocycles. The molecule has 1 atom stereocenters. The van der Waals surface area contributed by atoms with Gasteiger partial charge in [0.1, 0.15) is 11.6 Å². The lowest BCUT2D eigenvalue weighted by atomic mass is 10.2. The summed E-state index contributed by atoms with van der Waals surface area (Å²) >= 11 is 0. The van der Waals surface area contributed by atoms with E-state index in [2.05, 4.69) is 30.2 Å². The molecular weight excluding hydrogens is 252 g/mol. The minimum Gasteiger partial charge on any atom is -0.508 e. The number of aromatic nitrogens is 2. The Hall–Kier alpha value is -1.59. The van der Waals surface area contributed by atoms with Gasteiger partial charge < -0.3 is 15.4 Å². The number of benzene rings is 1. The zero-order valence-corrected chi connectivity index (χ0v) is 12.5. The fourth-order valence-corrected chi connectivity index (χ4v) is 2.75. The number of phenols is 1. The predicted octanol–water partition coefficient (Wildman–Crippen LogP) is 2.10. The van der Waals surface area contributed by atoms with Gasteiger partial charge in [-0.2, -0.15) is 0 Å². The topological polar surface area (TPSA) is 67.3 Å². The van der Waals surface area contributed by atoms with Crippen molar-refractivity contribution in [2.24, 2.45) is 5.73 Å². The number of phenolic OH excluding ortho intramolecular Hbond substituents is 1. The number of nitrogens with two attached hydrogens (primary N) is 1. The number of aromatic hydroxyl groups is 1. The van der Waals surface area contributed by atoms with E-state index in [1.54, 1.807) is 12.1 Å². The Kier molecular flexibility index (Phi) is 4.62. The van der Waals surface area contributed by atoms with Crippen LogP contribution in [-0.2, 0) is 6.54 Å². The Morgan fingerprint density at radius 3 is 2.65 bits per heavy atom. The van der Waals surface area contributed by atoms with Gasteiger partial charge in [0.25, 0.3) is 0 Å². The summed E-state index contributed by atoms with van der Waals surface area (Å²) < 4.78 is 2.16. The Bertz CT molecular complexity index is 575. The molecule has 0 fully saturated rings. The molecule has 0 aliphatic heterocycles. The highest BCUT2D eigenvalue weighted by molar-refractivity contribution is 5.77. The second-order valence-corrected chi connectivity index (χ2v) is 4.98. The van der Waals surface area contributed by atoms with E-state index in [1.165, 1.54) is 0 Å². The maximum absolute atomic E-state index is 9.62. The summed E-state index contributed by atoms with van der Waals surface area (Å²) in [5, 5.41) is 9.62. The number of hydrogen-bond donors (Lipinski definition) is 2. The molecule has 3 N–H and O–H groups in total. The van der Waals surface area contributed by atoms with E-state index >= 15 is 0 Å². The minimum absolute atomic E-state index is 0.228. The summed E-state index contributed by atoms with van der Waals surface area (Å²) in [6.07, 6.45) is 0. The van der Waals surface area contributed by atoms with Gasteiger partial charge in [-0.05, 0) is 32.1 Å². The van der Waals surface area contributed by atoms with Crippen LogP contribution in [0.3, 0.4) is 0 Å². The molecule has 5 nitrogen and oxygen atoms in total. The second-order valence-electron chi connectivity index (χ2n) is 4.98. The van der Waals surface area contributed by atoms with Crippen LogP contribution in [0.5, 0.6) is 5.75 Å². The van der Waals surface area contributed by atoms with Gasteiger partial charge in [0.15, 0.2) is 0 Å². The summed E-state index contributed by atoms with van der Waals surface area (Å²) in [5.74, 6) is 1.26. The molecule has 0 aliphatic rings. The second kappa shape index (κ2) is 6.24. The normalized spacial score (nSPS) is 13.2. The highest BCUT2D eigenvalue weighted by Gasteiger charge is 2.20. The number of nitrogens with zero attached hydrogens (tertiary/aromatic N) is 3. The molecule has 0 bridgehead atoms. The Morgan fingerprint density at radius 2 is 2.05 bits per heavy atom. The first-order chi connectivity index (χ1) is 9.62. The van der Waals surface area contributed by atoms with Crippen LogP contribution in [0.2, 0.25) is 0 Å². The van der Waals surface area contributed by atoms with E-state index < -0.39 is 0 Å². The van der Waals surface area contributed by atoms with E-state index in [1.807, 2.05) is 6.07 Å². The molecule has 0 amide bonds. The molecule has 1 aromatic heterocycles. The van der Waals surface area contributed by atoms with Crippen LogP contribution in [0.25, 0.3) is 11.0 Å². The molecule has 5 heteroatoms. The van der Waals surface area contributed by atoms with Crippen LogP contribution >= 0.6 is 0 Å². The SMILES string of the molecule is CCN(CC)C(C)c1nc2cc(O)ccc2n1CCN. The summed E-state index contributed by atoms with van der Waals surface area (Å²) in [5.41, 5.74) is 7.60. The monoisotopic (exact) mass is 276 g/mol. The highest BCUT2D eigenvalue weighted by Crippen LogP contribution is 2.26. The van der Waals surface area contributed by atoms with Gasteiger partial charge in [0.2, 0.25) is 0 Å².